The summed E-state index contributed by atoms with van der Waals surface area (Å²) in [6.07, 6.45) is 2.14. The van der Waals surface area contributed by atoms with Gasteiger partial charge in [0.1, 0.15) is 17.9 Å². The molecule has 0 saturated carbocycles. The highest BCUT2D eigenvalue weighted by molar-refractivity contribution is 5.96. The molecule has 194 valence electrons. The molecular weight excluding hydrogens is 485 g/mol. The minimum Gasteiger partial charge on any atom is -0.388 e. The molecule has 36 heavy (non-hydrogen) atoms. The third-order valence-corrected chi connectivity index (χ3v) is 4.65. The van der Waals surface area contributed by atoms with E-state index in [1.165, 1.54) is 6.20 Å². The van der Waals surface area contributed by atoms with E-state index in [9.17, 15) is 31.5 Å². The average molecular weight is 511 g/mol. The Morgan fingerprint density at radius 2 is 1.72 bits per heavy atom. The molecule has 1 amide bonds. The minimum absolute atomic E-state index is 0.0331. The number of aldehydes is 1. The van der Waals surface area contributed by atoms with Crippen LogP contribution in [0.15, 0.2) is 42.6 Å². The second-order valence-electron chi connectivity index (χ2n) is 7.14. The standard InChI is InChI=1S/C14H16FN5O.C9H8F2O.CH2F2/c1-8-5-9(17-2)3-4-10(8)11-6-18-13(16)12(20-11)14(21)19-7-15;1-6(5-12)7-2-8(10)4-9(11)3-7;2-1-3/h3-6,17H,7H2,1-2H3,(H2,16,18)(H,19,21);2-6H,1H3;1H2. The lowest BCUT2D eigenvalue weighted by Gasteiger charge is -2.10. The van der Waals surface area contributed by atoms with Gasteiger partial charge in [-0.15, -0.1) is 0 Å². The van der Waals surface area contributed by atoms with Crippen molar-refractivity contribution in [3.63, 3.8) is 0 Å². The van der Waals surface area contributed by atoms with Crippen LogP contribution in [0.3, 0.4) is 0 Å². The zero-order valence-corrected chi connectivity index (χ0v) is 19.8. The summed E-state index contributed by atoms with van der Waals surface area (Å²) >= 11 is 0. The number of anilines is 2. The van der Waals surface area contributed by atoms with Gasteiger partial charge in [-0.2, -0.15) is 0 Å². The summed E-state index contributed by atoms with van der Waals surface area (Å²) in [6, 6.07) is 8.81. The van der Waals surface area contributed by atoms with E-state index in [4.69, 9.17) is 5.73 Å². The number of alkyl halides is 3. The molecular formula is C24H26F5N5O2. The fourth-order valence-corrected chi connectivity index (χ4v) is 2.86. The van der Waals surface area contributed by atoms with Crippen LogP contribution < -0.4 is 16.4 Å². The van der Waals surface area contributed by atoms with Gasteiger partial charge in [-0.05, 0) is 42.3 Å². The Balaban J connectivity index is 0.000000365. The number of carbonyl (C=O) groups excluding carboxylic acids is 2. The van der Waals surface area contributed by atoms with E-state index < -0.39 is 37.2 Å². The largest absolute Gasteiger partial charge is 0.388 e. The van der Waals surface area contributed by atoms with Crippen LogP contribution in [-0.2, 0) is 4.79 Å². The summed E-state index contributed by atoms with van der Waals surface area (Å²) in [4.78, 5) is 30.1. The highest BCUT2D eigenvalue weighted by Gasteiger charge is 2.15. The maximum Gasteiger partial charge on any atom is 0.275 e. The van der Waals surface area contributed by atoms with Crippen molar-refractivity contribution in [2.75, 3.05) is 31.8 Å². The first kappa shape index (κ1) is 29.9. The van der Waals surface area contributed by atoms with Crippen molar-refractivity contribution in [3.05, 3.63) is 71.1 Å². The Morgan fingerprint density at radius 1 is 1.11 bits per heavy atom. The van der Waals surface area contributed by atoms with Crippen LogP contribution in [0.2, 0.25) is 0 Å². The molecule has 2 aromatic carbocycles. The molecule has 0 aliphatic carbocycles. The third kappa shape index (κ3) is 8.93. The molecule has 0 spiro atoms. The van der Waals surface area contributed by atoms with Gasteiger partial charge in [0.15, 0.2) is 18.3 Å². The number of nitrogens with two attached hydrogens (primary N) is 1. The van der Waals surface area contributed by atoms with E-state index in [0.29, 0.717) is 17.5 Å². The van der Waals surface area contributed by atoms with E-state index in [2.05, 4.69) is 15.3 Å². The van der Waals surface area contributed by atoms with Gasteiger partial charge in [0.2, 0.25) is 6.93 Å². The van der Waals surface area contributed by atoms with E-state index in [1.807, 2.05) is 37.5 Å². The topological polar surface area (TPSA) is 110 Å². The van der Waals surface area contributed by atoms with E-state index in [0.717, 1.165) is 35.0 Å². The highest BCUT2D eigenvalue weighted by atomic mass is 19.3. The first-order chi connectivity index (χ1) is 17.1. The molecule has 1 atom stereocenters. The number of nitrogens with zero attached hydrogens (tertiary/aromatic N) is 2. The molecule has 1 unspecified atom stereocenters. The van der Waals surface area contributed by atoms with Crippen LogP contribution in [0.4, 0.5) is 33.5 Å². The number of benzene rings is 2. The van der Waals surface area contributed by atoms with Crippen LogP contribution in [0.5, 0.6) is 0 Å². The molecule has 3 rings (SSSR count). The van der Waals surface area contributed by atoms with E-state index >= 15 is 0 Å². The first-order valence-corrected chi connectivity index (χ1v) is 10.4. The lowest BCUT2D eigenvalue weighted by molar-refractivity contribution is -0.108. The van der Waals surface area contributed by atoms with Crippen molar-refractivity contribution >= 4 is 23.7 Å². The number of nitrogens with one attached hydrogen (secondary N) is 2. The second kappa shape index (κ2) is 15.0. The molecule has 0 aliphatic heterocycles. The number of nitrogen functional groups attached to an aromatic ring is 1. The zero-order chi connectivity index (χ0) is 27.3. The number of hydrogen-bond acceptors (Lipinski definition) is 6. The molecule has 0 fully saturated rings. The summed E-state index contributed by atoms with van der Waals surface area (Å²) in [5, 5.41) is 5.06. The zero-order valence-electron chi connectivity index (χ0n) is 19.8. The fraction of sp³-hybridized carbons (Fsp3) is 0.250. The van der Waals surface area contributed by atoms with Gasteiger partial charge in [-0.3, -0.25) is 4.79 Å². The van der Waals surface area contributed by atoms with E-state index in [1.54, 1.807) is 6.92 Å². The lowest BCUT2D eigenvalue weighted by atomic mass is 10.0. The number of aromatic nitrogens is 2. The van der Waals surface area contributed by atoms with Crippen LogP contribution in [-0.4, -0.2) is 42.9 Å². The molecule has 0 saturated heterocycles. The molecule has 0 aliphatic rings. The van der Waals surface area contributed by atoms with Crippen molar-refractivity contribution in [1.82, 2.24) is 15.3 Å². The molecule has 0 bridgehead atoms. The quantitative estimate of drug-likeness (QED) is 0.247. The Bertz CT molecular complexity index is 1140. The van der Waals surface area contributed by atoms with Crippen LogP contribution >= 0.6 is 0 Å². The normalized spacial score (nSPS) is 10.7. The van der Waals surface area contributed by atoms with Crippen molar-refractivity contribution in [2.45, 2.75) is 19.8 Å². The van der Waals surface area contributed by atoms with Gasteiger partial charge in [0, 0.05) is 30.3 Å². The van der Waals surface area contributed by atoms with Crippen molar-refractivity contribution in [2.24, 2.45) is 0 Å². The minimum atomic E-state index is -1.75. The van der Waals surface area contributed by atoms with E-state index in [-0.39, 0.29) is 11.5 Å². The maximum atomic E-state index is 12.6. The number of halogens is 5. The van der Waals surface area contributed by atoms with Gasteiger partial charge in [-0.25, -0.2) is 31.9 Å². The van der Waals surface area contributed by atoms with Crippen molar-refractivity contribution in [3.8, 4) is 11.3 Å². The monoisotopic (exact) mass is 511 g/mol. The van der Waals surface area contributed by atoms with Crippen molar-refractivity contribution in [1.29, 1.82) is 0 Å². The summed E-state index contributed by atoms with van der Waals surface area (Å²) in [5.74, 6) is -2.49. The van der Waals surface area contributed by atoms with Gasteiger partial charge < -0.3 is 21.2 Å². The molecule has 3 aromatic rings. The third-order valence-electron chi connectivity index (χ3n) is 4.65. The van der Waals surface area contributed by atoms with Gasteiger partial charge >= 0.3 is 0 Å². The van der Waals surface area contributed by atoms with Gasteiger partial charge in [-0.1, -0.05) is 13.0 Å². The predicted molar refractivity (Wildman–Crippen MR) is 128 cm³/mol. The molecule has 7 nitrogen and oxygen atoms in total. The second-order valence-corrected chi connectivity index (χ2v) is 7.14. The van der Waals surface area contributed by atoms with Crippen molar-refractivity contribution < 1.29 is 31.5 Å². The Kier molecular flexibility index (Phi) is 12.5. The molecule has 4 N–H and O–H groups in total. The maximum absolute atomic E-state index is 12.6. The first-order valence-electron chi connectivity index (χ1n) is 10.4. The Morgan fingerprint density at radius 3 is 2.22 bits per heavy atom. The summed E-state index contributed by atoms with van der Waals surface area (Å²) in [5.41, 5.74) is 9.17. The fourth-order valence-electron chi connectivity index (χ4n) is 2.86. The molecule has 0 radical (unpaired) electrons. The predicted octanol–water partition coefficient (Wildman–Crippen LogP) is 4.88. The average Bonchev–Trinajstić information content (AvgIpc) is 2.84. The van der Waals surface area contributed by atoms with Crippen LogP contribution in [0, 0.1) is 18.6 Å². The molecule has 12 heteroatoms. The Hall–Kier alpha value is -4.09. The van der Waals surface area contributed by atoms with Crippen LogP contribution in [0.25, 0.3) is 11.3 Å². The summed E-state index contributed by atoms with van der Waals surface area (Å²) in [6.45, 7) is 0.775. The highest BCUT2D eigenvalue weighted by Crippen LogP contribution is 2.25. The summed E-state index contributed by atoms with van der Waals surface area (Å²) in [7, 11) is 1.83. The smallest absolute Gasteiger partial charge is 0.275 e. The number of carbonyl (C=O) groups is 2. The lowest BCUT2D eigenvalue weighted by Crippen LogP contribution is -2.25. The van der Waals surface area contributed by atoms with Gasteiger partial charge in [0.25, 0.3) is 5.91 Å². The number of aryl methyl sites for hydroxylation is 1. The number of amides is 1. The SMILES string of the molecule is CC(C=O)c1cc(F)cc(F)c1.CNc1ccc(-c2cnc(N)c(C(=O)NCF)n2)c(C)c1.FCF. The Labute approximate surface area is 205 Å². The molecule has 1 heterocycles. The number of rotatable bonds is 6. The molecule has 1 aromatic heterocycles. The van der Waals surface area contributed by atoms with Crippen LogP contribution in [0.1, 0.15) is 34.5 Å². The van der Waals surface area contributed by atoms with Gasteiger partial charge in [0.05, 0.1) is 11.9 Å². The number of hydrogen-bond donors (Lipinski definition) is 3. The summed E-state index contributed by atoms with van der Waals surface area (Å²) < 4.78 is 56.6.